The van der Waals surface area contributed by atoms with E-state index < -0.39 is 12.6 Å². The number of rotatable bonds is 2. The van der Waals surface area contributed by atoms with Crippen LogP contribution in [0.3, 0.4) is 0 Å². The predicted molar refractivity (Wildman–Crippen MR) is 98.0 cm³/mol. The SMILES string of the molecule is CC.COc1ccc(C)cc1Br.FC(F)(F)Cc1ccccc1Cl. The molecule has 0 N–H and O–H groups in total. The molecule has 0 aliphatic carbocycles. The van der Waals surface area contributed by atoms with Crippen LogP contribution in [-0.4, -0.2) is 13.3 Å². The van der Waals surface area contributed by atoms with E-state index in [0.29, 0.717) is 0 Å². The number of benzene rings is 2. The molecule has 0 aliphatic heterocycles. The van der Waals surface area contributed by atoms with Gasteiger partial charge >= 0.3 is 6.18 Å². The molecule has 0 unspecified atom stereocenters. The summed E-state index contributed by atoms with van der Waals surface area (Å²) in [7, 11) is 1.66. The van der Waals surface area contributed by atoms with Gasteiger partial charge in [-0.05, 0) is 52.2 Å². The molecular weight excluding hydrogens is 405 g/mol. The van der Waals surface area contributed by atoms with Crippen molar-refractivity contribution in [1.29, 1.82) is 0 Å². The fourth-order valence-electron chi connectivity index (χ4n) is 1.63. The molecule has 0 fully saturated rings. The van der Waals surface area contributed by atoms with Crippen molar-refractivity contribution in [1.82, 2.24) is 0 Å². The quantitative estimate of drug-likeness (QED) is 0.493. The van der Waals surface area contributed by atoms with Gasteiger partial charge in [0.2, 0.25) is 0 Å². The Bertz CT molecular complexity index is 615. The maximum Gasteiger partial charge on any atom is 0.393 e. The molecule has 0 bridgehead atoms. The summed E-state index contributed by atoms with van der Waals surface area (Å²) in [6.45, 7) is 6.05. The lowest BCUT2D eigenvalue weighted by molar-refractivity contribution is -0.127. The largest absolute Gasteiger partial charge is 0.496 e. The summed E-state index contributed by atoms with van der Waals surface area (Å²) in [6.07, 6.45) is -5.16. The van der Waals surface area contributed by atoms with Crippen molar-refractivity contribution in [2.75, 3.05) is 7.11 Å². The first-order chi connectivity index (χ1) is 11.2. The maximum atomic E-state index is 11.9. The van der Waals surface area contributed by atoms with Gasteiger partial charge in [-0.15, -0.1) is 0 Å². The molecule has 2 aromatic rings. The zero-order valence-corrected chi connectivity index (χ0v) is 16.4. The minimum absolute atomic E-state index is 0.117. The molecule has 2 rings (SSSR count). The summed E-state index contributed by atoms with van der Waals surface area (Å²) in [4.78, 5) is 0. The molecule has 0 aromatic heterocycles. The number of halogens is 5. The Hall–Kier alpha value is -1.20. The molecule has 0 atom stereocenters. The van der Waals surface area contributed by atoms with Crippen molar-refractivity contribution >= 4 is 27.5 Å². The van der Waals surface area contributed by atoms with Crippen LogP contribution in [0.5, 0.6) is 5.75 Å². The van der Waals surface area contributed by atoms with E-state index in [1.54, 1.807) is 13.2 Å². The van der Waals surface area contributed by atoms with Gasteiger partial charge in [-0.2, -0.15) is 13.2 Å². The molecule has 0 radical (unpaired) electrons. The fourth-order valence-corrected chi connectivity index (χ4v) is 2.49. The Labute approximate surface area is 154 Å². The molecule has 0 amide bonds. The predicted octanol–water partition coefficient (Wildman–Crippen LogP) is 7.24. The van der Waals surface area contributed by atoms with Gasteiger partial charge < -0.3 is 4.74 Å². The van der Waals surface area contributed by atoms with Gasteiger partial charge in [0.05, 0.1) is 18.0 Å². The van der Waals surface area contributed by atoms with E-state index >= 15 is 0 Å². The van der Waals surface area contributed by atoms with Gasteiger partial charge in [0.15, 0.2) is 0 Å². The third-order valence-electron chi connectivity index (χ3n) is 2.66. The van der Waals surface area contributed by atoms with Crippen LogP contribution in [0, 0.1) is 6.92 Å². The van der Waals surface area contributed by atoms with Gasteiger partial charge in [-0.1, -0.05) is 49.7 Å². The molecule has 0 spiro atoms. The molecule has 0 saturated carbocycles. The lowest BCUT2D eigenvalue weighted by atomic mass is 10.1. The van der Waals surface area contributed by atoms with Crippen LogP contribution in [0.1, 0.15) is 25.0 Å². The Morgan fingerprint density at radius 1 is 1.08 bits per heavy atom. The highest BCUT2D eigenvalue weighted by Gasteiger charge is 2.28. The van der Waals surface area contributed by atoms with Gasteiger partial charge in [0.1, 0.15) is 5.75 Å². The molecule has 24 heavy (non-hydrogen) atoms. The molecule has 2 aromatic carbocycles. The Morgan fingerprint density at radius 3 is 2.12 bits per heavy atom. The monoisotopic (exact) mass is 424 g/mol. The lowest BCUT2D eigenvalue weighted by Crippen LogP contribution is -2.11. The summed E-state index contributed by atoms with van der Waals surface area (Å²) < 4.78 is 41.7. The maximum absolute atomic E-state index is 11.9. The summed E-state index contributed by atoms with van der Waals surface area (Å²) in [5.74, 6) is 0.880. The van der Waals surface area contributed by atoms with Crippen molar-refractivity contribution in [3.8, 4) is 5.75 Å². The number of hydrogen-bond acceptors (Lipinski definition) is 1. The Kier molecular flexibility index (Phi) is 10.8. The second-order valence-corrected chi connectivity index (χ2v) is 5.78. The van der Waals surface area contributed by atoms with Gasteiger partial charge in [0, 0.05) is 5.02 Å². The van der Waals surface area contributed by atoms with Crippen LogP contribution < -0.4 is 4.74 Å². The van der Waals surface area contributed by atoms with Crippen molar-refractivity contribution < 1.29 is 17.9 Å². The van der Waals surface area contributed by atoms with E-state index in [9.17, 15) is 13.2 Å². The average molecular weight is 426 g/mol. The normalized spacial score (nSPS) is 10.0. The summed E-state index contributed by atoms with van der Waals surface area (Å²) in [5.41, 5.74) is 1.35. The topological polar surface area (TPSA) is 9.23 Å². The minimum atomic E-state index is -4.19. The highest BCUT2D eigenvalue weighted by Crippen LogP contribution is 2.26. The van der Waals surface area contributed by atoms with Crippen LogP contribution in [-0.2, 0) is 6.42 Å². The molecule has 134 valence electrons. The molecule has 6 heteroatoms. The number of hydrogen-bond donors (Lipinski definition) is 0. The zero-order chi connectivity index (χ0) is 18.8. The second-order valence-electron chi connectivity index (χ2n) is 4.52. The highest BCUT2D eigenvalue weighted by molar-refractivity contribution is 9.10. The van der Waals surface area contributed by atoms with Crippen molar-refractivity contribution in [2.24, 2.45) is 0 Å². The highest BCUT2D eigenvalue weighted by atomic mass is 79.9. The first kappa shape index (κ1) is 22.8. The van der Waals surface area contributed by atoms with E-state index in [1.165, 1.54) is 23.8 Å². The van der Waals surface area contributed by atoms with E-state index in [4.69, 9.17) is 16.3 Å². The third kappa shape index (κ3) is 9.18. The Balaban J connectivity index is 0.000000405. The molecule has 0 aliphatic rings. The van der Waals surface area contributed by atoms with Crippen LogP contribution in [0.25, 0.3) is 0 Å². The molecular formula is C18H21BrClF3O. The fraction of sp³-hybridized carbons (Fsp3) is 0.333. The third-order valence-corrected chi connectivity index (χ3v) is 3.64. The van der Waals surface area contributed by atoms with E-state index in [-0.39, 0.29) is 10.6 Å². The first-order valence-corrected chi connectivity index (χ1v) is 8.50. The molecule has 0 saturated heterocycles. The number of methoxy groups -OCH3 is 1. The van der Waals surface area contributed by atoms with Crippen molar-refractivity contribution in [3.63, 3.8) is 0 Å². The summed E-state index contributed by atoms with van der Waals surface area (Å²) in [5, 5.41) is 0.162. The minimum Gasteiger partial charge on any atom is -0.496 e. The van der Waals surface area contributed by atoms with E-state index in [0.717, 1.165) is 10.2 Å². The second kappa shape index (κ2) is 11.4. The van der Waals surface area contributed by atoms with Crippen molar-refractivity contribution in [3.05, 3.63) is 63.1 Å². The van der Waals surface area contributed by atoms with Crippen LogP contribution >= 0.6 is 27.5 Å². The number of ether oxygens (including phenoxy) is 1. The summed E-state index contributed by atoms with van der Waals surface area (Å²) >= 11 is 8.91. The Morgan fingerprint density at radius 2 is 1.67 bits per heavy atom. The molecule has 1 nitrogen and oxygen atoms in total. The average Bonchev–Trinajstić information content (AvgIpc) is 2.51. The van der Waals surface area contributed by atoms with E-state index in [1.807, 2.05) is 39.0 Å². The van der Waals surface area contributed by atoms with Crippen molar-refractivity contribution in [2.45, 2.75) is 33.4 Å². The van der Waals surface area contributed by atoms with Crippen LogP contribution in [0.4, 0.5) is 13.2 Å². The zero-order valence-electron chi connectivity index (χ0n) is 14.0. The van der Waals surface area contributed by atoms with Crippen LogP contribution in [0.15, 0.2) is 46.9 Å². The van der Waals surface area contributed by atoms with Gasteiger partial charge in [-0.3, -0.25) is 0 Å². The van der Waals surface area contributed by atoms with Crippen LogP contribution in [0.2, 0.25) is 5.02 Å². The van der Waals surface area contributed by atoms with Gasteiger partial charge in [-0.25, -0.2) is 0 Å². The number of alkyl halides is 3. The van der Waals surface area contributed by atoms with Gasteiger partial charge in [0.25, 0.3) is 0 Å². The molecule has 0 heterocycles. The number of aryl methyl sites for hydroxylation is 1. The standard InChI is InChI=1S/C8H9BrO.C8H6ClF3.C2H6/c1-6-3-4-8(10-2)7(9)5-6;9-7-4-2-1-3-6(7)5-8(10,11)12;1-2/h3-5H,1-2H3;1-4H,5H2;1-2H3. The lowest BCUT2D eigenvalue weighted by Gasteiger charge is -2.06. The summed E-state index contributed by atoms with van der Waals surface area (Å²) in [6, 6.07) is 11.9. The first-order valence-electron chi connectivity index (χ1n) is 7.33. The smallest absolute Gasteiger partial charge is 0.393 e. The van der Waals surface area contributed by atoms with E-state index in [2.05, 4.69) is 15.9 Å².